The lowest BCUT2D eigenvalue weighted by molar-refractivity contribution is -0.671. The molecule has 150 valence electrons. The summed E-state index contributed by atoms with van der Waals surface area (Å²) in [6.07, 6.45) is 0.980. The molecule has 4 nitrogen and oxygen atoms in total. The van der Waals surface area contributed by atoms with E-state index in [2.05, 4.69) is 41.7 Å². The fraction of sp³-hybridized carbons (Fsp3) is 0.250. The van der Waals surface area contributed by atoms with Gasteiger partial charge in [0.1, 0.15) is 12.3 Å². The highest BCUT2D eigenvalue weighted by atomic mass is 35.5. The summed E-state index contributed by atoms with van der Waals surface area (Å²) in [6, 6.07) is 22.5. The first kappa shape index (κ1) is 19.6. The quantitative estimate of drug-likeness (QED) is 0.561. The topological polar surface area (TPSA) is 44.3 Å². The van der Waals surface area contributed by atoms with E-state index in [1.165, 1.54) is 16.7 Å². The molecular formula is C24H25ClNO3+. The minimum atomic E-state index is 0.210. The zero-order chi connectivity index (χ0) is 20.1. The fourth-order valence-corrected chi connectivity index (χ4v) is 3.89. The van der Waals surface area contributed by atoms with Gasteiger partial charge in [-0.05, 0) is 35.9 Å². The van der Waals surface area contributed by atoms with Crippen molar-refractivity contribution in [3.8, 4) is 17.2 Å². The fourth-order valence-electron chi connectivity index (χ4n) is 3.76. The Bertz CT molecular complexity index is 959. The molecule has 0 spiro atoms. The number of nitrogens with two attached hydrogens (primary N) is 1. The smallest absolute Gasteiger partial charge is 0.231 e. The maximum absolute atomic E-state index is 5.98. The van der Waals surface area contributed by atoms with Crippen LogP contribution in [-0.2, 0) is 6.54 Å². The second kappa shape index (κ2) is 9.21. The number of benzene rings is 3. The van der Waals surface area contributed by atoms with Crippen molar-refractivity contribution < 1.29 is 19.5 Å². The highest BCUT2D eigenvalue weighted by molar-refractivity contribution is 6.30. The number of quaternary nitrogens is 1. The number of hydrogen-bond acceptors (Lipinski definition) is 3. The third kappa shape index (κ3) is 4.66. The second-order valence-corrected chi connectivity index (χ2v) is 7.54. The molecule has 0 bridgehead atoms. The largest absolute Gasteiger partial charge is 0.496 e. The van der Waals surface area contributed by atoms with E-state index in [0.29, 0.717) is 0 Å². The summed E-state index contributed by atoms with van der Waals surface area (Å²) in [4.78, 5) is 0. The SMILES string of the molecule is COc1ccccc1[C@@H](CC[NH2+]Cc1ccc(Cl)cc1)c1ccc2c(c1)OCO2. The van der Waals surface area contributed by atoms with Crippen LogP contribution in [0.5, 0.6) is 17.2 Å². The van der Waals surface area contributed by atoms with Gasteiger partial charge in [-0.25, -0.2) is 0 Å². The molecule has 1 heterocycles. The number of fused-ring (bicyclic) bond motifs is 1. The van der Waals surface area contributed by atoms with Crippen molar-refractivity contribution in [2.75, 3.05) is 20.4 Å². The van der Waals surface area contributed by atoms with Gasteiger partial charge in [0.2, 0.25) is 6.79 Å². The molecule has 3 aromatic rings. The average molecular weight is 411 g/mol. The molecular weight excluding hydrogens is 386 g/mol. The Hall–Kier alpha value is -2.69. The standard InChI is InChI=1S/C24H24ClNO3/c1-27-22-5-3-2-4-21(22)20(18-8-11-23-24(14-18)29-16-28-23)12-13-26-15-17-6-9-19(25)10-7-17/h2-11,14,20,26H,12-13,15-16H2,1H3/p+1/t20-/m0/s1. The van der Waals surface area contributed by atoms with Crippen LogP contribution >= 0.6 is 11.6 Å². The van der Waals surface area contributed by atoms with Gasteiger partial charge in [0.15, 0.2) is 11.5 Å². The Morgan fingerprint density at radius 3 is 2.62 bits per heavy atom. The van der Waals surface area contributed by atoms with Crippen LogP contribution in [0.1, 0.15) is 29.0 Å². The number of methoxy groups -OCH3 is 1. The molecule has 4 rings (SSSR count). The van der Waals surface area contributed by atoms with Crippen molar-refractivity contribution in [3.63, 3.8) is 0 Å². The molecule has 1 aliphatic heterocycles. The Labute approximate surface area is 176 Å². The van der Waals surface area contributed by atoms with E-state index in [-0.39, 0.29) is 12.7 Å². The molecule has 2 N–H and O–H groups in total. The summed E-state index contributed by atoms with van der Waals surface area (Å²) < 4.78 is 16.7. The number of hydrogen-bond donors (Lipinski definition) is 1. The van der Waals surface area contributed by atoms with Gasteiger partial charge in [-0.2, -0.15) is 0 Å². The molecule has 0 amide bonds. The van der Waals surface area contributed by atoms with Crippen molar-refractivity contribution in [1.29, 1.82) is 0 Å². The molecule has 0 aromatic heterocycles. The lowest BCUT2D eigenvalue weighted by Gasteiger charge is -2.20. The molecule has 0 saturated carbocycles. The molecule has 1 atom stereocenters. The molecule has 0 radical (unpaired) electrons. The zero-order valence-electron chi connectivity index (χ0n) is 16.4. The summed E-state index contributed by atoms with van der Waals surface area (Å²) in [5, 5.41) is 3.10. The maximum atomic E-state index is 5.98. The zero-order valence-corrected chi connectivity index (χ0v) is 17.2. The summed E-state index contributed by atoms with van der Waals surface area (Å²) in [7, 11) is 1.72. The number of ether oxygens (including phenoxy) is 3. The first-order valence-corrected chi connectivity index (χ1v) is 10.2. The van der Waals surface area contributed by atoms with E-state index in [0.717, 1.165) is 41.8 Å². The summed E-state index contributed by atoms with van der Waals surface area (Å²) in [5.41, 5.74) is 3.67. The van der Waals surface area contributed by atoms with Crippen LogP contribution in [-0.4, -0.2) is 20.4 Å². The molecule has 3 aromatic carbocycles. The maximum Gasteiger partial charge on any atom is 0.231 e. The average Bonchev–Trinajstić information content (AvgIpc) is 3.23. The highest BCUT2D eigenvalue weighted by Gasteiger charge is 2.22. The molecule has 0 aliphatic carbocycles. The van der Waals surface area contributed by atoms with Crippen LogP contribution in [0, 0.1) is 0 Å². The van der Waals surface area contributed by atoms with Crippen LogP contribution in [0.2, 0.25) is 5.02 Å². The first-order chi connectivity index (χ1) is 14.2. The lowest BCUT2D eigenvalue weighted by atomic mass is 9.87. The number of para-hydroxylation sites is 1. The van der Waals surface area contributed by atoms with E-state index >= 15 is 0 Å². The molecule has 5 heteroatoms. The van der Waals surface area contributed by atoms with Gasteiger partial charge in [0.05, 0.1) is 13.7 Å². The molecule has 1 aliphatic rings. The van der Waals surface area contributed by atoms with Gasteiger partial charge in [-0.3, -0.25) is 0 Å². The number of halogens is 1. The van der Waals surface area contributed by atoms with Crippen molar-refractivity contribution in [2.24, 2.45) is 0 Å². The molecule has 0 unspecified atom stereocenters. The van der Waals surface area contributed by atoms with Gasteiger partial charge in [0.25, 0.3) is 0 Å². The van der Waals surface area contributed by atoms with Crippen molar-refractivity contribution in [3.05, 3.63) is 88.4 Å². The predicted octanol–water partition coefficient (Wildman–Crippen LogP) is 4.36. The minimum absolute atomic E-state index is 0.210. The monoisotopic (exact) mass is 410 g/mol. The number of rotatable bonds is 8. The Morgan fingerprint density at radius 2 is 1.79 bits per heavy atom. The van der Waals surface area contributed by atoms with Gasteiger partial charge in [-0.1, -0.05) is 48.0 Å². The molecule has 0 saturated heterocycles. The second-order valence-electron chi connectivity index (χ2n) is 7.10. The van der Waals surface area contributed by atoms with Crippen molar-refractivity contribution in [1.82, 2.24) is 0 Å². The normalized spacial score (nSPS) is 13.3. The van der Waals surface area contributed by atoms with E-state index in [4.69, 9.17) is 25.8 Å². The van der Waals surface area contributed by atoms with Crippen LogP contribution in [0.25, 0.3) is 0 Å². The van der Waals surface area contributed by atoms with E-state index < -0.39 is 0 Å². The molecule has 29 heavy (non-hydrogen) atoms. The lowest BCUT2D eigenvalue weighted by Crippen LogP contribution is -2.82. The third-order valence-corrected chi connectivity index (χ3v) is 5.52. The first-order valence-electron chi connectivity index (χ1n) is 9.83. The Kier molecular flexibility index (Phi) is 6.23. The third-order valence-electron chi connectivity index (χ3n) is 5.27. The van der Waals surface area contributed by atoms with Gasteiger partial charge in [-0.15, -0.1) is 0 Å². The van der Waals surface area contributed by atoms with Crippen LogP contribution in [0.15, 0.2) is 66.7 Å². The summed E-state index contributed by atoms with van der Waals surface area (Å²) >= 11 is 5.98. The summed E-state index contributed by atoms with van der Waals surface area (Å²) in [5.74, 6) is 2.74. The Balaban J connectivity index is 1.51. The van der Waals surface area contributed by atoms with Crippen LogP contribution < -0.4 is 19.5 Å². The van der Waals surface area contributed by atoms with E-state index in [9.17, 15) is 0 Å². The van der Waals surface area contributed by atoms with E-state index in [1.807, 2.05) is 30.3 Å². The highest BCUT2D eigenvalue weighted by Crippen LogP contribution is 2.39. The summed E-state index contributed by atoms with van der Waals surface area (Å²) in [6.45, 7) is 2.20. The Morgan fingerprint density at radius 1 is 1.00 bits per heavy atom. The van der Waals surface area contributed by atoms with Gasteiger partial charge < -0.3 is 19.5 Å². The van der Waals surface area contributed by atoms with Crippen LogP contribution in [0.4, 0.5) is 0 Å². The predicted molar refractivity (Wildman–Crippen MR) is 114 cm³/mol. The van der Waals surface area contributed by atoms with Crippen LogP contribution in [0.3, 0.4) is 0 Å². The minimum Gasteiger partial charge on any atom is -0.496 e. The van der Waals surface area contributed by atoms with Crippen molar-refractivity contribution >= 4 is 11.6 Å². The van der Waals surface area contributed by atoms with Gasteiger partial charge >= 0.3 is 0 Å². The molecule has 0 fully saturated rings. The van der Waals surface area contributed by atoms with Crippen molar-refractivity contribution in [2.45, 2.75) is 18.9 Å². The van der Waals surface area contributed by atoms with Gasteiger partial charge in [0, 0.05) is 28.5 Å². The van der Waals surface area contributed by atoms with E-state index in [1.54, 1.807) is 7.11 Å².